The van der Waals surface area contributed by atoms with Crippen molar-refractivity contribution in [1.29, 1.82) is 0 Å². The molecule has 0 radical (unpaired) electrons. The number of hydrogen-bond acceptors (Lipinski definition) is 3. The number of aliphatic hydroxyl groups excluding tert-OH is 2. The summed E-state index contributed by atoms with van der Waals surface area (Å²) < 4.78 is 0. The van der Waals surface area contributed by atoms with E-state index in [0.717, 1.165) is 32.1 Å². The quantitative estimate of drug-likeness (QED) is 0.406. The van der Waals surface area contributed by atoms with Gasteiger partial charge in [0.1, 0.15) is 6.10 Å². The van der Waals surface area contributed by atoms with Gasteiger partial charge in [0, 0.05) is 6.42 Å². The lowest BCUT2D eigenvalue weighted by Crippen LogP contribution is -2.51. The number of aliphatic carboxylic acids is 1. The summed E-state index contributed by atoms with van der Waals surface area (Å²) in [6.07, 6.45) is 10.7. The van der Waals surface area contributed by atoms with Crippen molar-refractivity contribution in [2.75, 3.05) is 0 Å². The molecule has 3 rings (SSSR count). The molecule has 0 aliphatic heterocycles. The number of carbonyl (C=O) groups is 1. The van der Waals surface area contributed by atoms with Gasteiger partial charge in [0.25, 0.3) is 0 Å². The first-order valence-corrected chi connectivity index (χ1v) is 12.2. The minimum atomic E-state index is -0.743. The van der Waals surface area contributed by atoms with E-state index in [1.165, 1.54) is 43.3 Å². The monoisotopic (exact) mass is 416 g/mol. The number of rotatable bonds is 7. The summed E-state index contributed by atoms with van der Waals surface area (Å²) in [4.78, 5) is 11.0. The third kappa shape index (κ3) is 5.48. The van der Waals surface area contributed by atoms with Crippen molar-refractivity contribution in [2.45, 2.75) is 103 Å². The van der Waals surface area contributed by atoms with Gasteiger partial charge in [-0.05, 0) is 62.7 Å². The Hall–Kier alpha value is -1.31. The Bertz CT molecular complexity index is 679. The zero-order valence-electron chi connectivity index (χ0n) is 18.8. The molecule has 0 aromatic rings. The molecule has 3 saturated carbocycles. The van der Waals surface area contributed by atoms with E-state index in [0.29, 0.717) is 30.1 Å². The van der Waals surface area contributed by atoms with Crippen molar-refractivity contribution in [3.05, 3.63) is 11.1 Å². The van der Waals surface area contributed by atoms with Crippen LogP contribution in [0.1, 0.15) is 90.9 Å². The van der Waals surface area contributed by atoms with Crippen LogP contribution in [-0.4, -0.2) is 33.5 Å². The molecule has 3 aliphatic rings. The molecule has 0 aromatic carbocycles. The summed E-state index contributed by atoms with van der Waals surface area (Å²) in [5, 5.41) is 30.3. The summed E-state index contributed by atoms with van der Waals surface area (Å²) in [7, 11) is 0. The van der Waals surface area contributed by atoms with Gasteiger partial charge in [-0.15, -0.1) is 0 Å². The highest BCUT2D eigenvalue weighted by molar-refractivity contribution is 5.67. The van der Waals surface area contributed by atoms with Gasteiger partial charge in [-0.25, -0.2) is 0 Å². The third-order valence-electron chi connectivity index (χ3n) is 7.84. The number of hydrogen-bond donors (Lipinski definition) is 3. The molecular formula is C26H40O4. The molecule has 30 heavy (non-hydrogen) atoms. The molecule has 0 aromatic heterocycles. The number of carboxylic acid groups (broad SMARTS) is 1. The molecule has 0 saturated heterocycles. The van der Waals surface area contributed by atoms with Gasteiger partial charge in [0.15, 0.2) is 0 Å². The molecular weight excluding hydrogens is 376 g/mol. The molecule has 4 nitrogen and oxygen atoms in total. The second-order valence-corrected chi connectivity index (χ2v) is 9.92. The summed E-state index contributed by atoms with van der Waals surface area (Å²) in [6.45, 7) is 4.28. The molecule has 0 heterocycles. The largest absolute Gasteiger partial charge is 0.481 e. The molecule has 0 spiro atoms. The van der Waals surface area contributed by atoms with E-state index in [4.69, 9.17) is 5.11 Å². The normalized spacial score (nSPS) is 34.2. The topological polar surface area (TPSA) is 77.8 Å². The highest BCUT2D eigenvalue weighted by Crippen LogP contribution is 2.58. The molecule has 0 amide bonds. The Morgan fingerprint density at radius 1 is 1.13 bits per heavy atom. The molecule has 168 valence electrons. The Balaban J connectivity index is 1.71. The van der Waals surface area contributed by atoms with E-state index in [1.807, 2.05) is 0 Å². The van der Waals surface area contributed by atoms with E-state index in [9.17, 15) is 15.0 Å². The van der Waals surface area contributed by atoms with Crippen LogP contribution < -0.4 is 0 Å². The summed E-state index contributed by atoms with van der Waals surface area (Å²) in [5.41, 5.74) is 2.68. The fraction of sp³-hybridized carbons (Fsp3) is 0.808. The van der Waals surface area contributed by atoms with E-state index in [2.05, 4.69) is 25.7 Å². The number of allylic oxidation sites excluding steroid dienone is 2. The number of carboxylic acids is 1. The molecule has 4 heteroatoms. The third-order valence-corrected chi connectivity index (χ3v) is 7.84. The zero-order chi connectivity index (χ0) is 21.7. The average Bonchev–Trinajstić information content (AvgIpc) is 2.71. The zero-order valence-corrected chi connectivity index (χ0v) is 18.8. The maximum Gasteiger partial charge on any atom is 0.303 e. The van der Waals surface area contributed by atoms with Gasteiger partial charge in [-0.1, -0.05) is 68.4 Å². The molecule has 6 atom stereocenters. The Morgan fingerprint density at radius 3 is 2.53 bits per heavy atom. The lowest BCUT2D eigenvalue weighted by molar-refractivity contribution is -0.136. The maximum atomic E-state index is 11.0. The first-order valence-electron chi connectivity index (χ1n) is 12.2. The van der Waals surface area contributed by atoms with Gasteiger partial charge in [-0.3, -0.25) is 4.79 Å². The van der Waals surface area contributed by atoms with Gasteiger partial charge in [0.05, 0.1) is 12.0 Å². The minimum absolute atomic E-state index is 0.0719. The van der Waals surface area contributed by atoms with E-state index >= 15 is 0 Å². The second kappa shape index (κ2) is 10.8. The Kier molecular flexibility index (Phi) is 8.43. The standard InChI is InChI=1S/C26H40O4/c1-3-7-21-25(17(2)10-15-24(29)30)22-13-14-23(28)20(26(21)22)12-11-19(27)16-18-8-5-4-6-9-18/h18-23,26-28H,3-10,13-16H2,1-2H3,(H,29,30)/t19?,20-,21?,22+,23+,26-/m0/s1. The predicted molar refractivity (Wildman–Crippen MR) is 119 cm³/mol. The minimum Gasteiger partial charge on any atom is -0.481 e. The molecule has 2 unspecified atom stereocenters. The fourth-order valence-electron chi connectivity index (χ4n) is 6.40. The molecule has 0 bridgehead atoms. The van der Waals surface area contributed by atoms with Crippen LogP contribution in [0, 0.1) is 41.4 Å². The van der Waals surface area contributed by atoms with Crippen LogP contribution >= 0.6 is 0 Å². The molecule has 3 aliphatic carbocycles. The van der Waals surface area contributed by atoms with Crippen LogP contribution in [0.4, 0.5) is 0 Å². The first kappa shape index (κ1) is 23.4. The van der Waals surface area contributed by atoms with Crippen LogP contribution in [0.15, 0.2) is 11.1 Å². The van der Waals surface area contributed by atoms with Crippen LogP contribution in [0.2, 0.25) is 0 Å². The highest BCUT2D eigenvalue weighted by Gasteiger charge is 2.53. The predicted octanol–water partition coefficient (Wildman–Crippen LogP) is 4.94. The van der Waals surface area contributed by atoms with Crippen LogP contribution in [-0.2, 0) is 4.79 Å². The van der Waals surface area contributed by atoms with Crippen molar-refractivity contribution in [3.63, 3.8) is 0 Å². The Morgan fingerprint density at radius 2 is 1.87 bits per heavy atom. The van der Waals surface area contributed by atoms with Crippen molar-refractivity contribution >= 4 is 5.97 Å². The van der Waals surface area contributed by atoms with Crippen molar-refractivity contribution in [2.24, 2.45) is 29.6 Å². The van der Waals surface area contributed by atoms with Crippen LogP contribution in [0.3, 0.4) is 0 Å². The summed E-state index contributed by atoms with van der Waals surface area (Å²) in [5.74, 6) is 7.39. The number of aliphatic hydroxyl groups is 2. The highest BCUT2D eigenvalue weighted by atomic mass is 16.4. The molecule has 3 N–H and O–H groups in total. The van der Waals surface area contributed by atoms with Crippen molar-refractivity contribution in [3.8, 4) is 11.8 Å². The number of fused-ring (bicyclic) bond motifs is 1. The average molecular weight is 417 g/mol. The van der Waals surface area contributed by atoms with Gasteiger partial charge >= 0.3 is 5.97 Å². The van der Waals surface area contributed by atoms with Crippen LogP contribution in [0.5, 0.6) is 0 Å². The Labute approximate surface area is 182 Å². The van der Waals surface area contributed by atoms with Crippen molar-refractivity contribution in [1.82, 2.24) is 0 Å². The summed E-state index contributed by atoms with van der Waals surface area (Å²) in [6, 6.07) is 0. The second-order valence-electron chi connectivity index (χ2n) is 9.92. The van der Waals surface area contributed by atoms with Gasteiger partial charge in [0.2, 0.25) is 0 Å². The smallest absolute Gasteiger partial charge is 0.303 e. The van der Waals surface area contributed by atoms with Gasteiger partial charge in [-0.2, -0.15) is 0 Å². The fourth-order valence-corrected chi connectivity index (χ4v) is 6.40. The lowest BCUT2D eigenvalue weighted by Gasteiger charge is -2.55. The summed E-state index contributed by atoms with van der Waals surface area (Å²) >= 11 is 0. The molecule has 3 fully saturated rings. The van der Waals surface area contributed by atoms with E-state index in [-0.39, 0.29) is 12.3 Å². The van der Waals surface area contributed by atoms with E-state index < -0.39 is 18.2 Å². The van der Waals surface area contributed by atoms with Crippen molar-refractivity contribution < 1.29 is 20.1 Å². The van der Waals surface area contributed by atoms with Crippen LogP contribution in [0.25, 0.3) is 0 Å². The van der Waals surface area contributed by atoms with Gasteiger partial charge < -0.3 is 15.3 Å². The van der Waals surface area contributed by atoms with E-state index in [1.54, 1.807) is 0 Å². The SMILES string of the molecule is CCCC1C(=C(C)CCC(=O)O)[C@H]2CC[C@@H](O)[C@H](C#CC(O)CC3CCCCC3)[C@@H]12. The lowest BCUT2D eigenvalue weighted by atomic mass is 9.49. The first-order chi connectivity index (χ1) is 14.4. The maximum absolute atomic E-state index is 11.0.